The first kappa shape index (κ1) is 18.4. The number of piperazine rings is 1. The molecule has 0 radical (unpaired) electrons. The fraction of sp³-hybridized carbons (Fsp3) is 0.333. The molecule has 2 aromatic rings. The van der Waals surface area contributed by atoms with Crippen LogP contribution in [-0.2, 0) is 4.79 Å². The van der Waals surface area contributed by atoms with E-state index in [1.165, 1.54) is 6.33 Å². The second kappa shape index (κ2) is 8.35. The number of nitrogens with zero attached hydrogens (tertiary/aromatic N) is 4. The predicted molar refractivity (Wildman–Crippen MR) is 98.4 cm³/mol. The number of carbonyl (C=O) groups excluding carboxylic acids is 2. The van der Waals surface area contributed by atoms with Gasteiger partial charge < -0.3 is 24.6 Å². The highest BCUT2D eigenvalue weighted by molar-refractivity contribution is 5.93. The second-order valence-electron chi connectivity index (χ2n) is 5.92. The third-order valence-electron chi connectivity index (χ3n) is 4.29. The first-order valence-corrected chi connectivity index (χ1v) is 8.44. The molecule has 1 saturated heterocycles. The molecule has 2 amide bonds. The van der Waals surface area contributed by atoms with Gasteiger partial charge in [-0.2, -0.15) is 0 Å². The average molecular weight is 371 g/mol. The number of benzene rings is 1. The van der Waals surface area contributed by atoms with Crippen LogP contribution in [-0.4, -0.2) is 72.5 Å². The molecule has 9 nitrogen and oxygen atoms in total. The Hall–Kier alpha value is -3.36. The zero-order valence-electron chi connectivity index (χ0n) is 15.2. The maximum absolute atomic E-state index is 12.6. The van der Waals surface area contributed by atoms with Gasteiger partial charge in [0.2, 0.25) is 6.41 Å². The predicted octanol–water partition coefficient (Wildman–Crippen LogP) is 1.15. The standard InChI is InChI=1S/C18H21N5O4/c1-26-15-4-3-13(9-16(15)27-2)21-17-10-14(19-11-20-17)18(25)23-7-5-22(12-24)6-8-23/h3-4,9-12H,5-8H2,1-2H3,(H,19,20,21). The molecule has 0 aliphatic carbocycles. The number of nitrogens with one attached hydrogen (secondary N) is 1. The Kier molecular flexibility index (Phi) is 5.70. The molecular formula is C18H21N5O4. The summed E-state index contributed by atoms with van der Waals surface area (Å²) in [5.74, 6) is 1.52. The highest BCUT2D eigenvalue weighted by atomic mass is 16.5. The van der Waals surface area contributed by atoms with Gasteiger partial charge in [0.15, 0.2) is 11.5 Å². The third kappa shape index (κ3) is 4.25. The molecule has 0 spiro atoms. The number of hydrogen-bond donors (Lipinski definition) is 1. The Morgan fingerprint density at radius 2 is 1.81 bits per heavy atom. The summed E-state index contributed by atoms with van der Waals surface area (Å²) in [5.41, 5.74) is 1.04. The van der Waals surface area contributed by atoms with Crippen molar-refractivity contribution in [2.75, 3.05) is 45.7 Å². The summed E-state index contributed by atoms with van der Waals surface area (Å²) in [6, 6.07) is 6.98. The van der Waals surface area contributed by atoms with E-state index in [0.717, 1.165) is 12.1 Å². The zero-order chi connectivity index (χ0) is 19.2. The van der Waals surface area contributed by atoms with E-state index in [1.807, 2.05) is 6.07 Å². The van der Waals surface area contributed by atoms with Crippen molar-refractivity contribution in [1.82, 2.24) is 19.8 Å². The Morgan fingerprint density at radius 1 is 1.07 bits per heavy atom. The SMILES string of the molecule is COc1ccc(Nc2cc(C(=O)N3CCN(C=O)CC3)ncn2)cc1OC. The van der Waals surface area contributed by atoms with Crippen LogP contribution in [0.15, 0.2) is 30.6 Å². The first-order chi connectivity index (χ1) is 13.1. The van der Waals surface area contributed by atoms with Crippen molar-refractivity contribution in [3.05, 3.63) is 36.3 Å². The van der Waals surface area contributed by atoms with E-state index in [9.17, 15) is 9.59 Å². The Bertz CT molecular complexity index is 821. The van der Waals surface area contributed by atoms with Crippen molar-refractivity contribution in [1.29, 1.82) is 0 Å². The van der Waals surface area contributed by atoms with Crippen molar-refractivity contribution in [3.8, 4) is 11.5 Å². The summed E-state index contributed by atoms with van der Waals surface area (Å²) >= 11 is 0. The van der Waals surface area contributed by atoms with Gasteiger partial charge in [0.1, 0.15) is 17.8 Å². The maximum atomic E-state index is 12.6. The maximum Gasteiger partial charge on any atom is 0.272 e. The van der Waals surface area contributed by atoms with Crippen LogP contribution in [0.25, 0.3) is 0 Å². The molecule has 27 heavy (non-hydrogen) atoms. The van der Waals surface area contributed by atoms with Crippen molar-refractivity contribution in [2.24, 2.45) is 0 Å². The molecule has 3 rings (SSSR count). The highest BCUT2D eigenvalue weighted by Crippen LogP contribution is 2.30. The fourth-order valence-corrected chi connectivity index (χ4v) is 2.80. The minimum absolute atomic E-state index is 0.182. The molecule has 0 atom stereocenters. The van der Waals surface area contributed by atoms with Gasteiger partial charge in [-0.1, -0.05) is 0 Å². The normalized spacial score (nSPS) is 13.9. The number of hydrogen-bond acceptors (Lipinski definition) is 7. The van der Waals surface area contributed by atoms with Crippen LogP contribution < -0.4 is 14.8 Å². The number of aromatic nitrogens is 2. The molecule has 1 aromatic heterocycles. The molecule has 0 unspecified atom stereocenters. The second-order valence-corrected chi connectivity index (χ2v) is 5.92. The summed E-state index contributed by atoms with van der Waals surface area (Å²) in [7, 11) is 3.13. The molecule has 2 heterocycles. The number of methoxy groups -OCH3 is 2. The van der Waals surface area contributed by atoms with Gasteiger partial charge in [-0.15, -0.1) is 0 Å². The number of carbonyl (C=O) groups is 2. The number of anilines is 2. The average Bonchev–Trinajstić information content (AvgIpc) is 2.73. The lowest BCUT2D eigenvalue weighted by molar-refractivity contribution is -0.119. The summed E-state index contributed by atoms with van der Waals surface area (Å²) in [6.45, 7) is 2.02. The van der Waals surface area contributed by atoms with Crippen molar-refractivity contribution < 1.29 is 19.1 Å². The number of rotatable bonds is 6. The van der Waals surface area contributed by atoms with Crippen LogP contribution in [0.3, 0.4) is 0 Å². The van der Waals surface area contributed by atoms with Gasteiger partial charge in [-0.05, 0) is 12.1 Å². The Labute approximate surface area is 156 Å². The topological polar surface area (TPSA) is 96.9 Å². The van der Waals surface area contributed by atoms with E-state index in [4.69, 9.17) is 9.47 Å². The minimum atomic E-state index is -0.182. The van der Waals surface area contributed by atoms with Gasteiger partial charge in [0.05, 0.1) is 14.2 Å². The molecule has 1 N–H and O–H groups in total. The fourth-order valence-electron chi connectivity index (χ4n) is 2.80. The lowest BCUT2D eigenvalue weighted by atomic mass is 10.2. The highest BCUT2D eigenvalue weighted by Gasteiger charge is 2.22. The van der Waals surface area contributed by atoms with Gasteiger partial charge in [0, 0.05) is 44.0 Å². The van der Waals surface area contributed by atoms with Crippen LogP contribution in [0.2, 0.25) is 0 Å². The van der Waals surface area contributed by atoms with E-state index in [1.54, 1.807) is 42.2 Å². The zero-order valence-corrected chi connectivity index (χ0v) is 15.2. The largest absolute Gasteiger partial charge is 0.493 e. The molecule has 0 bridgehead atoms. The lowest BCUT2D eigenvalue weighted by Crippen LogP contribution is -2.48. The molecule has 142 valence electrons. The van der Waals surface area contributed by atoms with Crippen molar-refractivity contribution >= 4 is 23.8 Å². The Morgan fingerprint density at radius 3 is 2.48 bits per heavy atom. The Balaban J connectivity index is 1.72. The van der Waals surface area contributed by atoms with Gasteiger partial charge in [-0.25, -0.2) is 9.97 Å². The smallest absolute Gasteiger partial charge is 0.272 e. The summed E-state index contributed by atoms with van der Waals surface area (Å²) in [6.07, 6.45) is 2.15. The van der Waals surface area contributed by atoms with Crippen molar-refractivity contribution in [3.63, 3.8) is 0 Å². The molecule has 9 heteroatoms. The van der Waals surface area contributed by atoms with Crippen LogP contribution in [0, 0.1) is 0 Å². The summed E-state index contributed by atoms with van der Waals surface area (Å²) in [5, 5.41) is 3.13. The van der Waals surface area contributed by atoms with Crippen LogP contribution in [0.5, 0.6) is 11.5 Å². The monoisotopic (exact) mass is 371 g/mol. The van der Waals surface area contributed by atoms with Gasteiger partial charge >= 0.3 is 0 Å². The molecule has 1 fully saturated rings. The van der Waals surface area contributed by atoms with Crippen LogP contribution in [0.4, 0.5) is 11.5 Å². The van der Waals surface area contributed by atoms with E-state index in [2.05, 4.69) is 15.3 Å². The molecule has 1 aliphatic rings. The van der Waals surface area contributed by atoms with Crippen LogP contribution in [0.1, 0.15) is 10.5 Å². The van der Waals surface area contributed by atoms with Crippen LogP contribution >= 0.6 is 0 Å². The summed E-state index contributed by atoms with van der Waals surface area (Å²) in [4.78, 5) is 35.0. The van der Waals surface area contributed by atoms with E-state index in [-0.39, 0.29) is 5.91 Å². The van der Waals surface area contributed by atoms with E-state index in [0.29, 0.717) is 49.2 Å². The molecule has 1 aromatic carbocycles. The minimum Gasteiger partial charge on any atom is -0.493 e. The van der Waals surface area contributed by atoms with E-state index < -0.39 is 0 Å². The number of ether oxygens (including phenoxy) is 2. The number of amides is 2. The lowest BCUT2D eigenvalue weighted by Gasteiger charge is -2.32. The van der Waals surface area contributed by atoms with Gasteiger partial charge in [-0.3, -0.25) is 9.59 Å². The third-order valence-corrected chi connectivity index (χ3v) is 4.29. The molecular weight excluding hydrogens is 350 g/mol. The quantitative estimate of drug-likeness (QED) is 0.761. The van der Waals surface area contributed by atoms with Gasteiger partial charge in [0.25, 0.3) is 5.91 Å². The van der Waals surface area contributed by atoms with E-state index >= 15 is 0 Å². The van der Waals surface area contributed by atoms with Crippen molar-refractivity contribution in [2.45, 2.75) is 0 Å². The molecule has 0 saturated carbocycles. The molecule has 1 aliphatic heterocycles. The summed E-state index contributed by atoms with van der Waals surface area (Å²) < 4.78 is 10.5. The first-order valence-electron chi connectivity index (χ1n) is 8.44.